The third-order valence-corrected chi connectivity index (χ3v) is 7.29. The van der Waals surface area contributed by atoms with Gasteiger partial charge in [0, 0.05) is 0 Å². The van der Waals surface area contributed by atoms with Crippen LogP contribution in [0, 0.1) is 0 Å². The normalized spacial score (nSPS) is 13.8. The molecule has 1 N–H and O–H groups in total. The number of hydrogen-bond donors (Lipinski definition) is 1. The molecule has 4 nitrogen and oxygen atoms in total. The molecule has 0 amide bonds. The molecule has 2 heterocycles. The second-order valence-corrected chi connectivity index (χ2v) is 10.1. The second kappa shape index (κ2) is 11.0. The number of aromatic nitrogens is 1. The minimum absolute atomic E-state index is 0.0143. The molecule has 2 aromatic carbocycles. The number of halogens is 2. The van der Waals surface area contributed by atoms with E-state index in [1.807, 2.05) is 54.6 Å². The van der Waals surface area contributed by atoms with Gasteiger partial charge in [0.1, 0.15) is 0 Å². The third kappa shape index (κ3) is 5.91. The molecule has 4 rings (SSSR count). The van der Waals surface area contributed by atoms with Crippen LogP contribution in [0.5, 0.6) is 5.75 Å². The molecule has 166 valence electrons. The predicted octanol–water partition coefficient (Wildman–Crippen LogP) is 2.27. The van der Waals surface area contributed by atoms with Gasteiger partial charge in [0.25, 0.3) is 0 Å². The van der Waals surface area contributed by atoms with Crippen molar-refractivity contribution >= 4 is 22.5 Å². The third-order valence-electron chi connectivity index (χ3n) is 5.12. The number of rotatable bonds is 8. The van der Waals surface area contributed by atoms with Crippen LogP contribution in [0.25, 0.3) is 10.9 Å². The number of benzene rings is 2. The van der Waals surface area contributed by atoms with Gasteiger partial charge in [-0.25, -0.2) is 0 Å². The maximum atomic E-state index is 13.3. The van der Waals surface area contributed by atoms with Crippen LogP contribution < -0.4 is 36.8 Å². The summed E-state index contributed by atoms with van der Waals surface area (Å²) in [7, 11) is 0. The Kier molecular flexibility index (Phi) is 7.84. The molecule has 0 bridgehead atoms. The zero-order valence-electron chi connectivity index (χ0n) is 17.9. The zero-order chi connectivity index (χ0) is 22.3. The maximum absolute atomic E-state index is 13.3. The minimum atomic E-state index is -0.0459. The van der Waals surface area contributed by atoms with Crippen molar-refractivity contribution in [2.75, 3.05) is 13.2 Å². The van der Waals surface area contributed by atoms with Crippen LogP contribution in [0.4, 0.5) is 0 Å². The predicted molar refractivity (Wildman–Crippen MR) is 128 cm³/mol. The number of nitrogens with zero attached hydrogens (tertiary/aromatic N) is 1. The van der Waals surface area contributed by atoms with Crippen LogP contribution in [0.2, 0.25) is 5.02 Å². The molecule has 0 saturated heterocycles. The van der Waals surface area contributed by atoms with Crippen molar-refractivity contribution in [1.82, 2.24) is 9.88 Å². The second-order valence-electron chi connectivity index (χ2n) is 7.59. The van der Waals surface area contributed by atoms with Crippen LogP contribution >= 0.6 is 11.6 Å². The molecule has 32 heavy (non-hydrogen) atoms. The average molecular weight is 560 g/mol. The summed E-state index contributed by atoms with van der Waals surface area (Å²) in [5, 5.41) is 5.05. The van der Waals surface area contributed by atoms with E-state index in [-0.39, 0.29) is 26.8 Å². The van der Waals surface area contributed by atoms with Gasteiger partial charge in [-0.3, -0.25) is 0 Å². The first-order valence-electron chi connectivity index (χ1n) is 10.5. The molecule has 0 atom stereocenters. The van der Waals surface area contributed by atoms with Gasteiger partial charge in [-0.1, -0.05) is 18.2 Å². The van der Waals surface area contributed by atoms with E-state index in [0.29, 0.717) is 24.7 Å². The molecule has 1 aliphatic rings. The van der Waals surface area contributed by atoms with Gasteiger partial charge in [-0.15, -0.1) is 0 Å². The summed E-state index contributed by atoms with van der Waals surface area (Å²) in [6, 6.07) is 17.3. The Morgan fingerprint density at radius 2 is 1.94 bits per heavy atom. The van der Waals surface area contributed by atoms with E-state index in [4.69, 9.17) is 16.3 Å². The van der Waals surface area contributed by atoms with Crippen LogP contribution in [0.3, 0.4) is 0 Å². The van der Waals surface area contributed by atoms with Crippen molar-refractivity contribution in [3.8, 4) is 5.75 Å². The monoisotopic (exact) mass is 559 g/mol. The van der Waals surface area contributed by atoms with Gasteiger partial charge in [0.2, 0.25) is 0 Å². The number of fused-ring (bicyclic) bond motifs is 1. The topological polar surface area (TPSA) is 43.3 Å². The first-order chi connectivity index (χ1) is 15.6. The van der Waals surface area contributed by atoms with Crippen LogP contribution in [0.15, 0.2) is 90.9 Å². The first-order valence-corrected chi connectivity index (χ1v) is 13.3. The Morgan fingerprint density at radius 1 is 1.09 bits per heavy atom. The molecule has 1 aromatic heterocycles. The molecule has 0 radical (unpaired) electrons. The number of para-hydroxylation sites is 1. The molecular weight excluding hydrogens is 535 g/mol. The SMILES string of the molecule is CC1=CC(CNCc2cc3ccc(Cl)cc3n(CCOc3ccccc3)c2=O)=C[I-]C=C1. The van der Waals surface area contributed by atoms with Gasteiger partial charge in [0.05, 0.1) is 0 Å². The number of pyridine rings is 1. The van der Waals surface area contributed by atoms with Crippen molar-refractivity contribution in [2.45, 2.75) is 20.0 Å². The number of nitrogens with one attached hydrogen (secondary N) is 1. The van der Waals surface area contributed by atoms with Crippen molar-refractivity contribution < 1.29 is 25.9 Å². The summed E-state index contributed by atoms with van der Waals surface area (Å²) in [4.78, 5) is 13.3. The Hall–Kier alpha value is -2.35. The molecule has 0 aliphatic carbocycles. The van der Waals surface area contributed by atoms with Gasteiger partial charge < -0.3 is 0 Å². The Labute approximate surface area is 203 Å². The standard InChI is InChI=1S/C26H25ClIN2O2/c1-19-9-10-28-16-20(13-19)17-29-18-22-14-21-7-8-23(27)15-25(21)30(26(22)31)11-12-32-24-5-3-2-4-6-24/h2-10,13-16,29H,11-12,17-18H2,1H3/q-1. The quantitative estimate of drug-likeness (QED) is 0.431. The first kappa shape index (κ1) is 22.8. The molecule has 0 spiro atoms. The van der Waals surface area contributed by atoms with Crippen LogP contribution in [0.1, 0.15) is 12.5 Å². The van der Waals surface area contributed by atoms with Crippen molar-refractivity contribution in [3.05, 3.63) is 107 Å². The number of allylic oxidation sites excluding steroid dienone is 2. The molecule has 0 fully saturated rings. The van der Waals surface area contributed by atoms with Crippen molar-refractivity contribution in [2.24, 2.45) is 0 Å². The zero-order valence-corrected chi connectivity index (χ0v) is 20.8. The van der Waals surface area contributed by atoms with E-state index in [0.717, 1.165) is 28.8 Å². The Morgan fingerprint density at radius 3 is 2.78 bits per heavy atom. The van der Waals surface area contributed by atoms with Gasteiger partial charge in [0.15, 0.2) is 0 Å². The van der Waals surface area contributed by atoms with E-state index in [9.17, 15) is 4.79 Å². The number of hydrogen-bond acceptors (Lipinski definition) is 3. The van der Waals surface area contributed by atoms with E-state index in [2.05, 4.69) is 32.6 Å². The van der Waals surface area contributed by atoms with E-state index in [1.165, 1.54) is 11.1 Å². The fourth-order valence-electron chi connectivity index (χ4n) is 3.58. The summed E-state index contributed by atoms with van der Waals surface area (Å²) in [5.41, 5.74) is 4.09. The van der Waals surface area contributed by atoms with Crippen molar-refractivity contribution in [1.29, 1.82) is 0 Å². The van der Waals surface area contributed by atoms with E-state index < -0.39 is 0 Å². The summed E-state index contributed by atoms with van der Waals surface area (Å²) < 4.78 is 12.2. The van der Waals surface area contributed by atoms with Crippen LogP contribution in [-0.4, -0.2) is 17.7 Å². The van der Waals surface area contributed by atoms with Gasteiger partial charge in [-0.2, -0.15) is 0 Å². The molecule has 0 unspecified atom stereocenters. The van der Waals surface area contributed by atoms with Gasteiger partial charge >= 0.3 is 174 Å². The summed E-state index contributed by atoms with van der Waals surface area (Å²) in [5.74, 6) is 0.790. The summed E-state index contributed by atoms with van der Waals surface area (Å²) in [6.45, 7) is 4.21. The van der Waals surface area contributed by atoms with E-state index >= 15 is 0 Å². The summed E-state index contributed by atoms with van der Waals surface area (Å²) in [6.07, 6.45) is 4.39. The fourth-order valence-corrected chi connectivity index (χ4v) is 5.59. The molecule has 1 aliphatic heterocycles. The fraction of sp³-hybridized carbons (Fsp3) is 0.192. The van der Waals surface area contributed by atoms with Crippen LogP contribution in [-0.2, 0) is 13.1 Å². The molecule has 0 saturated carbocycles. The Balaban J connectivity index is 1.53. The number of ether oxygens (including phenoxy) is 1. The molecule has 3 aromatic rings. The summed E-state index contributed by atoms with van der Waals surface area (Å²) >= 11 is 6.19. The average Bonchev–Trinajstić information content (AvgIpc) is 3.00. The Bertz CT molecular complexity index is 1250. The van der Waals surface area contributed by atoms with Gasteiger partial charge in [-0.05, 0) is 12.1 Å². The molecule has 6 heteroatoms. The van der Waals surface area contributed by atoms with Crippen molar-refractivity contribution in [3.63, 3.8) is 0 Å². The molecular formula is C26H25ClIN2O2-. The van der Waals surface area contributed by atoms with E-state index in [1.54, 1.807) is 4.57 Å².